The van der Waals surface area contributed by atoms with Crippen molar-refractivity contribution in [1.29, 1.82) is 5.26 Å². The third kappa shape index (κ3) is 4.76. The standard InChI is InChI=1S/C27H24FN9O2S2/c1-3-20-24(35(4-2)27-33-23(22(14-29)40-27)17-6-8-19(28)9-7-17)25-32-21(10-12-36(25)34-20)18-15-30-26(31-16-18)37-11-5-13-41(37,38)39/h6-10,12,15-16H,3-5,11,13H2,1-2H3. The van der Waals surface area contributed by atoms with E-state index in [0.717, 1.165) is 11.4 Å². The van der Waals surface area contributed by atoms with Gasteiger partial charge in [0.1, 0.15) is 28.1 Å². The second-order valence-electron chi connectivity index (χ2n) is 9.28. The van der Waals surface area contributed by atoms with Gasteiger partial charge in [-0.15, -0.1) is 0 Å². The Morgan fingerprint density at radius 1 is 1.10 bits per heavy atom. The van der Waals surface area contributed by atoms with Crippen molar-refractivity contribution in [2.75, 3.05) is 28.0 Å². The van der Waals surface area contributed by atoms with Gasteiger partial charge in [0.25, 0.3) is 0 Å². The highest BCUT2D eigenvalue weighted by Gasteiger charge is 2.30. The monoisotopic (exact) mass is 589 g/mol. The van der Waals surface area contributed by atoms with Crippen LogP contribution in [0, 0.1) is 17.1 Å². The van der Waals surface area contributed by atoms with E-state index in [9.17, 15) is 18.1 Å². The maximum atomic E-state index is 13.5. The molecule has 0 radical (unpaired) electrons. The number of aryl methyl sites for hydroxylation is 1. The number of halogens is 1. The van der Waals surface area contributed by atoms with E-state index in [1.54, 1.807) is 41.3 Å². The third-order valence-electron chi connectivity index (χ3n) is 6.77. The fourth-order valence-corrected chi connectivity index (χ4v) is 7.20. The highest BCUT2D eigenvalue weighted by atomic mass is 32.2. The number of anilines is 3. The summed E-state index contributed by atoms with van der Waals surface area (Å²) >= 11 is 1.25. The van der Waals surface area contributed by atoms with Gasteiger partial charge in [-0.1, -0.05) is 18.3 Å². The summed E-state index contributed by atoms with van der Waals surface area (Å²) in [7, 11) is -3.38. The Balaban J connectivity index is 1.41. The van der Waals surface area contributed by atoms with Crippen LogP contribution in [-0.4, -0.2) is 56.8 Å². The SMILES string of the molecule is CCc1nn2ccc(-c3cnc(N4CCCS4(=O)=O)nc3)nc2c1N(CC)c1nc(-c2ccc(F)cc2)c(C#N)s1. The van der Waals surface area contributed by atoms with Crippen LogP contribution in [0.2, 0.25) is 0 Å². The average Bonchev–Trinajstić information content (AvgIpc) is 3.68. The summed E-state index contributed by atoms with van der Waals surface area (Å²) in [5.74, 6) is -0.120. The van der Waals surface area contributed by atoms with Crippen molar-refractivity contribution < 1.29 is 12.8 Å². The number of sulfonamides is 1. The van der Waals surface area contributed by atoms with Gasteiger partial charge < -0.3 is 4.90 Å². The van der Waals surface area contributed by atoms with Crippen LogP contribution in [-0.2, 0) is 16.4 Å². The Labute approximate surface area is 239 Å². The fourth-order valence-electron chi connectivity index (χ4n) is 4.78. The van der Waals surface area contributed by atoms with E-state index in [2.05, 4.69) is 16.0 Å². The van der Waals surface area contributed by atoms with Crippen molar-refractivity contribution in [3.05, 3.63) is 65.3 Å². The van der Waals surface area contributed by atoms with Crippen LogP contribution >= 0.6 is 11.3 Å². The molecule has 4 aromatic heterocycles. The minimum Gasteiger partial charge on any atom is -0.313 e. The molecule has 6 rings (SSSR count). The second-order valence-corrected chi connectivity index (χ2v) is 12.3. The number of fused-ring (bicyclic) bond motifs is 1. The lowest BCUT2D eigenvalue weighted by Crippen LogP contribution is -2.26. The molecular weight excluding hydrogens is 565 g/mol. The predicted molar refractivity (Wildman–Crippen MR) is 154 cm³/mol. The Morgan fingerprint density at radius 3 is 2.49 bits per heavy atom. The van der Waals surface area contributed by atoms with Crippen LogP contribution < -0.4 is 9.21 Å². The van der Waals surface area contributed by atoms with E-state index in [1.807, 2.05) is 18.7 Å². The first-order chi connectivity index (χ1) is 19.8. The number of aromatic nitrogens is 6. The lowest BCUT2D eigenvalue weighted by Gasteiger charge is -2.19. The smallest absolute Gasteiger partial charge is 0.239 e. The fraction of sp³-hybridized carbons (Fsp3) is 0.259. The lowest BCUT2D eigenvalue weighted by atomic mass is 10.1. The molecule has 0 amide bonds. The molecule has 14 heteroatoms. The van der Waals surface area contributed by atoms with Crippen molar-refractivity contribution >= 4 is 43.8 Å². The van der Waals surface area contributed by atoms with Crippen LogP contribution in [0.4, 0.5) is 21.2 Å². The van der Waals surface area contributed by atoms with Gasteiger partial charge >= 0.3 is 0 Å². The number of benzene rings is 1. The number of nitriles is 1. The molecule has 11 nitrogen and oxygen atoms in total. The van der Waals surface area contributed by atoms with Crippen LogP contribution in [0.1, 0.15) is 30.8 Å². The van der Waals surface area contributed by atoms with Crippen LogP contribution in [0.5, 0.6) is 0 Å². The topological polar surface area (TPSA) is 133 Å². The Bertz CT molecular complexity index is 1900. The number of thiazole rings is 1. The number of hydrogen-bond acceptors (Lipinski definition) is 10. The van der Waals surface area contributed by atoms with E-state index < -0.39 is 10.0 Å². The normalized spacial score (nSPS) is 14.4. The minimum absolute atomic E-state index is 0.0916. The zero-order valence-electron chi connectivity index (χ0n) is 22.2. The summed E-state index contributed by atoms with van der Waals surface area (Å²) in [6.45, 7) is 4.89. The highest BCUT2D eigenvalue weighted by Crippen LogP contribution is 2.39. The third-order valence-corrected chi connectivity index (χ3v) is 9.58. The summed E-state index contributed by atoms with van der Waals surface area (Å²) in [4.78, 5) is 20.7. The Hall–Kier alpha value is -4.48. The lowest BCUT2D eigenvalue weighted by molar-refractivity contribution is 0.598. The van der Waals surface area contributed by atoms with Gasteiger partial charge in [-0.2, -0.15) is 10.4 Å². The van der Waals surface area contributed by atoms with Crippen molar-refractivity contribution in [2.24, 2.45) is 0 Å². The van der Waals surface area contributed by atoms with Crippen molar-refractivity contribution in [3.8, 4) is 28.6 Å². The maximum absolute atomic E-state index is 13.5. The van der Waals surface area contributed by atoms with Gasteiger partial charge in [0, 0.05) is 42.8 Å². The molecule has 1 saturated heterocycles. The molecule has 0 bridgehead atoms. The van der Waals surface area contributed by atoms with Crippen LogP contribution in [0.25, 0.3) is 28.2 Å². The van der Waals surface area contributed by atoms with E-state index in [-0.39, 0.29) is 17.5 Å². The van der Waals surface area contributed by atoms with Gasteiger partial charge in [0.2, 0.25) is 16.0 Å². The van der Waals surface area contributed by atoms with Gasteiger partial charge in [-0.05, 0) is 50.1 Å². The highest BCUT2D eigenvalue weighted by molar-refractivity contribution is 7.93. The van der Waals surface area contributed by atoms with Gasteiger partial charge in [0.05, 0.1) is 17.1 Å². The summed E-state index contributed by atoms with van der Waals surface area (Å²) < 4.78 is 41.0. The van der Waals surface area contributed by atoms with E-state index in [4.69, 9.17) is 15.1 Å². The Morgan fingerprint density at radius 2 is 1.85 bits per heavy atom. The summed E-state index contributed by atoms with van der Waals surface area (Å²) in [5.41, 5.74) is 4.53. The first-order valence-corrected chi connectivity index (χ1v) is 15.4. The van der Waals surface area contributed by atoms with Crippen molar-refractivity contribution in [2.45, 2.75) is 26.7 Å². The zero-order valence-corrected chi connectivity index (χ0v) is 23.8. The summed E-state index contributed by atoms with van der Waals surface area (Å²) in [5, 5.41) is 15.2. The van der Waals surface area contributed by atoms with E-state index in [0.29, 0.717) is 64.1 Å². The number of rotatable bonds is 7. The molecule has 1 aliphatic rings. The van der Waals surface area contributed by atoms with Crippen LogP contribution in [0.15, 0.2) is 48.9 Å². The number of nitrogens with zero attached hydrogens (tertiary/aromatic N) is 9. The molecular formula is C27H24FN9O2S2. The Kier molecular flexibility index (Phi) is 6.84. The molecule has 5 heterocycles. The molecule has 1 fully saturated rings. The number of hydrogen-bond donors (Lipinski definition) is 0. The largest absolute Gasteiger partial charge is 0.313 e. The molecule has 0 N–H and O–H groups in total. The van der Waals surface area contributed by atoms with Crippen LogP contribution in [0.3, 0.4) is 0 Å². The van der Waals surface area contributed by atoms with Crippen molar-refractivity contribution in [3.63, 3.8) is 0 Å². The van der Waals surface area contributed by atoms with Gasteiger partial charge in [-0.25, -0.2) is 41.6 Å². The first-order valence-electron chi connectivity index (χ1n) is 13.0. The molecule has 1 aromatic carbocycles. The molecule has 0 aliphatic carbocycles. The van der Waals surface area contributed by atoms with Gasteiger partial charge in [-0.3, -0.25) is 0 Å². The molecule has 0 atom stereocenters. The molecule has 0 saturated carbocycles. The summed E-state index contributed by atoms with van der Waals surface area (Å²) in [6.07, 6.45) is 6.12. The second kappa shape index (κ2) is 10.5. The molecule has 208 valence electrons. The predicted octanol–water partition coefficient (Wildman–Crippen LogP) is 4.58. The molecule has 0 unspecified atom stereocenters. The quantitative estimate of drug-likeness (QED) is 0.267. The zero-order chi connectivity index (χ0) is 28.7. The molecule has 0 spiro atoms. The van der Waals surface area contributed by atoms with E-state index in [1.165, 1.54) is 27.8 Å². The van der Waals surface area contributed by atoms with Gasteiger partial charge in [0.15, 0.2) is 10.8 Å². The molecule has 41 heavy (non-hydrogen) atoms. The minimum atomic E-state index is -3.38. The molecule has 5 aromatic rings. The maximum Gasteiger partial charge on any atom is 0.239 e. The molecule has 1 aliphatic heterocycles. The average molecular weight is 590 g/mol. The van der Waals surface area contributed by atoms with Crippen molar-refractivity contribution in [1.82, 2.24) is 29.5 Å². The van der Waals surface area contributed by atoms with E-state index >= 15 is 0 Å². The summed E-state index contributed by atoms with van der Waals surface area (Å²) in [6, 6.07) is 9.94. The first kappa shape index (κ1) is 26.7.